The first-order valence-electron chi connectivity index (χ1n) is 6.22. The van der Waals surface area contributed by atoms with Gasteiger partial charge in [-0.3, -0.25) is 4.68 Å². The van der Waals surface area contributed by atoms with Crippen molar-refractivity contribution in [2.24, 2.45) is 12.8 Å². The minimum Gasteiger partial charge on any atom is -0.325 e. The number of halogens is 2. The molecule has 0 aliphatic rings. The summed E-state index contributed by atoms with van der Waals surface area (Å²) in [6, 6.07) is 11.5. The van der Waals surface area contributed by atoms with Gasteiger partial charge in [-0.2, -0.15) is 5.10 Å². The first-order valence-corrected chi connectivity index (χ1v) is 6.97. The van der Waals surface area contributed by atoms with Crippen molar-refractivity contribution in [3.63, 3.8) is 0 Å². The topological polar surface area (TPSA) is 43.8 Å². The minimum absolute atomic E-state index is 0.449. The number of rotatable bonds is 2. The van der Waals surface area contributed by atoms with Gasteiger partial charge in [0.15, 0.2) is 0 Å². The summed E-state index contributed by atoms with van der Waals surface area (Å²) in [5.74, 6) is 0. The Morgan fingerprint density at radius 2 is 1.95 bits per heavy atom. The molecule has 0 fully saturated rings. The van der Waals surface area contributed by atoms with Crippen LogP contribution >= 0.6 is 23.2 Å². The van der Waals surface area contributed by atoms with E-state index >= 15 is 0 Å². The molecular formula is C15H13Cl2N3. The lowest BCUT2D eigenvalue weighted by molar-refractivity contribution is 0.722. The molecule has 1 heterocycles. The maximum Gasteiger partial charge on any atom is 0.100 e. The van der Waals surface area contributed by atoms with Gasteiger partial charge >= 0.3 is 0 Å². The number of hydrogen-bond donors (Lipinski definition) is 1. The molecule has 0 saturated heterocycles. The van der Waals surface area contributed by atoms with E-state index in [-0.39, 0.29) is 0 Å². The highest BCUT2D eigenvalue weighted by Crippen LogP contribution is 2.35. The minimum atomic E-state index is 0.449. The maximum absolute atomic E-state index is 6.30. The molecule has 0 saturated carbocycles. The maximum atomic E-state index is 6.30. The van der Waals surface area contributed by atoms with E-state index in [1.807, 2.05) is 42.1 Å². The molecule has 0 amide bonds. The van der Waals surface area contributed by atoms with Gasteiger partial charge in [0, 0.05) is 40.2 Å². The highest BCUT2D eigenvalue weighted by molar-refractivity contribution is 6.36. The number of hydrogen-bond acceptors (Lipinski definition) is 2. The summed E-state index contributed by atoms with van der Waals surface area (Å²) in [5.41, 5.74) is 9.61. The lowest BCUT2D eigenvalue weighted by atomic mass is 10.0. The molecule has 2 aromatic carbocycles. The van der Waals surface area contributed by atoms with Crippen LogP contribution in [-0.2, 0) is 13.6 Å². The molecule has 3 aromatic rings. The zero-order chi connectivity index (χ0) is 14.3. The summed E-state index contributed by atoms with van der Waals surface area (Å²) >= 11 is 12.3. The van der Waals surface area contributed by atoms with Crippen molar-refractivity contribution < 1.29 is 0 Å². The van der Waals surface area contributed by atoms with Gasteiger partial charge in [0.2, 0.25) is 0 Å². The Labute approximate surface area is 126 Å². The summed E-state index contributed by atoms with van der Waals surface area (Å²) in [6.45, 7) is 0.449. The molecule has 0 spiro atoms. The highest BCUT2D eigenvalue weighted by Gasteiger charge is 2.14. The third kappa shape index (κ3) is 2.08. The fraction of sp³-hybridized carbons (Fsp3) is 0.133. The van der Waals surface area contributed by atoms with Gasteiger partial charge in [-0.05, 0) is 12.1 Å². The summed E-state index contributed by atoms with van der Waals surface area (Å²) in [5, 5.41) is 6.86. The van der Waals surface area contributed by atoms with E-state index in [1.54, 1.807) is 6.07 Å². The molecule has 102 valence electrons. The second-order valence-corrected chi connectivity index (χ2v) is 5.44. The Hall–Kier alpha value is -1.55. The fourth-order valence-corrected chi connectivity index (χ4v) is 2.95. The predicted molar refractivity (Wildman–Crippen MR) is 84.1 cm³/mol. The average molecular weight is 306 g/mol. The van der Waals surface area contributed by atoms with Crippen LogP contribution in [0.3, 0.4) is 0 Å². The Morgan fingerprint density at radius 1 is 1.15 bits per heavy atom. The van der Waals surface area contributed by atoms with E-state index in [9.17, 15) is 0 Å². The van der Waals surface area contributed by atoms with Gasteiger partial charge in [0.1, 0.15) is 5.52 Å². The molecular weight excluding hydrogens is 293 g/mol. The van der Waals surface area contributed by atoms with E-state index < -0.39 is 0 Å². The SMILES string of the molecule is Cn1nc2c(-c3ccc(Cl)cc3Cl)cccc2c1CN. The van der Waals surface area contributed by atoms with Crippen LogP contribution in [0.4, 0.5) is 0 Å². The fourth-order valence-electron chi connectivity index (χ4n) is 2.44. The number of benzene rings is 2. The monoisotopic (exact) mass is 305 g/mol. The van der Waals surface area contributed by atoms with Crippen LogP contribution in [0, 0.1) is 0 Å². The first-order chi connectivity index (χ1) is 9.61. The molecule has 0 bridgehead atoms. The first kappa shape index (κ1) is 13.4. The molecule has 2 N–H and O–H groups in total. The molecule has 0 unspecified atom stereocenters. The van der Waals surface area contributed by atoms with Crippen molar-refractivity contribution in [1.29, 1.82) is 0 Å². The molecule has 0 aliphatic heterocycles. The molecule has 1 aromatic heterocycles. The number of aryl methyl sites for hydroxylation is 1. The Bertz CT molecular complexity index is 793. The lowest BCUT2D eigenvalue weighted by Crippen LogP contribution is -2.04. The molecule has 0 aliphatic carbocycles. The van der Waals surface area contributed by atoms with E-state index in [4.69, 9.17) is 28.9 Å². The summed E-state index contributed by atoms with van der Waals surface area (Å²) in [4.78, 5) is 0. The van der Waals surface area contributed by atoms with Crippen molar-refractivity contribution in [3.8, 4) is 11.1 Å². The van der Waals surface area contributed by atoms with E-state index in [2.05, 4.69) is 5.10 Å². The van der Waals surface area contributed by atoms with Crippen LogP contribution < -0.4 is 5.73 Å². The molecule has 0 atom stereocenters. The Balaban J connectivity index is 2.31. The van der Waals surface area contributed by atoms with E-state index in [1.165, 1.54) is 0 Å². The van der Waals surface area contributed by atoms with Crippen molar-refractivity contribution >= 4 is 34.1 Å². The lowest BCUT2D eigenvalue weighted by Gasteiger charge is -2.06. The second-order valence-electron chi connectivity index (χ2n) is 4.60. The van der Waals surface area contributed by atoms with E-state index in [0.29, 0.717) is 16.6 Å². The van der Waals surface area contributed by atoms with Gasteiger partial charge in [0.05, 0.1) is 5.69 Å². The average Bonchev–Trinajstić information content (AvgIpc) is 2.74. The van der Waals surface area contributed by atoms with Crippen molar-refractivity contribution in [1.82, 2.24) is 9.78 Å². The van der Waals surface area contributed by atoms with Crippen LogP contribution in [0.5, 0.6) is 0 Å². The largest absolute Gasteiger partial charge is 0.325 e. The van der Waals surface area contributed by atoms with Gasteiger partial charge in [0.25, 0.3) is 0 Å². The van der Waals surface area contributed by atoms with Crippen LogP contribution in [-0.4, -0.2) is 9.78 Å². The standard InChI is InChI=1S/C15H13Cl2N3/c1-20-14(8-18)12-4-2-3-11(15(12)19-20)10-6-5-9(16)7-13(10)17/h2-7H,8,18H2,1H3. The normalized spacial score (nSPS) is 11.2. The van der Waals surface area contributed by atoms with Crippen molar-refractivity contribution in [3.05, 3.63) is 52.1 Å². The quantitative estimate of drug-likeness (QED) is 0.777. The van der Waals surface area contributed by atoms with Crippen LogP contribution in [0.15, 0.2) is 36.4 Å². The second kappa shape index (κ2) is 5.09. The number of nitrogens with zero attached hydrogens (tertiary/aromatic N) is 2. The van der Waals surface area contributed by atoms with Gasteiger partial charge in [-0.25, -0.2) is 0 Å². The molecule has 20 heavy (non-hydrogen) atoms. The Morgan fingerprint density at radius 3 is 2.65 bits per heavy atom. The molecule has 0 radical (unpaired) electrons. The molecule has 3 rings (SSSR count). The summed E-state index contributed by atoms with van der Waals surface area (Å²) in [6.07, 6.45) is 0. The number of nitrogens with two attached hydrogens (primary N) is 1. The molecule has 5 heteroatoms. The van der Waals surface area contributed by atoms with E-state index in [0.717, 1.165) is 27.7 Å². The zero-order valence-electron chi connectivity index (χ0n) is 10.9. The summed E-state index contributed by atoms with van der Waals surface area (Å²) in [7, 11) is 1.90. The highest BCUT2D eigenvalue weighted by atomic mass is 35.5. The zero-order valence-corrected chi connectivity index (χ0v) is 12.4. The third-order valence-electron chi connectivity index (χ3n) is 3.40. The number of fused-ring (bicyclic) bond motifs is 1. The van der Waals surface area contributed by atoms with Crippen LogP contribution in [0.1, 0.15) is 5.69 Å². The van der Waals surface area contributed by atoms with Gasteiger partial charge in [-0.15, -0.1) is 0 Å². The van der Waals surface area contributed by atoms with Gasteiger partial charge in [-0.1, -0.05) is 47.5 Å². The van der Waals surface area contributed by atoms with Crippen LogP contribution in [0.2, 0.25) is 10.0 Å². The van der Waals surface area contributed by atoms with Crippen molar-refractivity contribution in [2.75, 3.05) is 0 Å². The Kier molecular flexibility index (Phi) is 3.42. The molecule has 3 nitrogen and oxygen atoms in total. The van der Waals surface area contributed by atoms with Gasteiger partial charge < -0.3 is 5.73 Å². The number of aromatic nitrogens is 2. The predicted octanol–water partition coefficient (Wildman–Crippen LogP) is 4.01. The van der Waals surface area contributed by atoms with Crippen molar-refractivity contribution in [2.45, 2.75) is 6.54 Å². The smallest absolute Gasteiger partial charge is 0.100 e. The third-order valence-corrected chi connectivity index (χ3v) is 3.95. The summed E-state index contributed by atoms with van der Waals surface area (Å²) < 4.78 is 1.82. The van der Waals surface area contributed by atoms with Crippen LogP contribution in [0.25, 0.3) is 22.0 Å².